The fourth-order valence-corrected chi connectivity index (χ4v) is 1.12. The van der Waals surface area contributed by atoms with Gasteiger partial charge in [-0.15, -0.1) is 11.6 Å². The van der Waals surface area contributed by atoms with Crippen molar-refractivity contribution in [1.29, 1.82) is 0 Å². The Kier molecular flexibility index (Phi) is 4.12. The van der Waals surface area contributed by atoms with Gasteiger partial charge in [0.25, 0.3) is 0 Å². The second kappa shape index (κ2) is 5.16. The topological polar surface area (TPSA) is 42.0 Å². The molecule has 0 saturated heterocycles. The van der Waals surface area contributed by atoms with Crippen LogP contribution in [-0.2, 0) is 11.0 Å². The minimum atomic E-state index is -4.47. The number of anilines is 1. The number of nitrogens with zero attached hydrogens (tertiary/aromatic N) is 1. The number of hydrogen-bond donors (Lipinski definition) is 1. The van der Waals surface area contributed by atoms with Crippen molar-refractivity contribution in [3.05, 3.63) is 24.0 Å². The van der Waals surface area contributed by atoms with Crippen LogP contribution in [0.15, 0.2) is 18.3 Å². The van der Waals surface area contributed by atoms with Crippen LogP contribution in [0.1, 0.15) is 12.1 Å². The first-order valence-electron chi connectivity index (χ1n) is 4.32. The molecule has 3 nitrogen and oxygen atoms in total. The summed E-state index contributed by atoms with van der Waals surface area (Å²) in [7, 11) is 0. The molecule has 0 radical (unpaired) electrons. The molecule has 0 unspecified atom stereocenters. The molecular weight excluding hydrogens is 245 g/mol. The lowest BCUT2D eigenvalue weighted by Gasteiger charge is -2.07. The molecule has 1 aromatic rings. The van der Waals surface area contributed by atoms with E-state index in [0.717, 1.165) is 18.3 Å². The lowest BCUT2D eigenvalue weighted by molar-refractivity contribution is -0.141. The largest absolute Gasteiger partial charge is 0.433 e. The highest BCUT2D eigenvalue weighted by Crippen LogP contribution is 2.27. The van der Waals surface area contributed by atoms with Gasteiger partial charge >= 0.3 is 6.18 Å². The molecule has 0 spiro atoms. The number of alkyl halides is 4. The van der Waals surface area contributed by atoms with Gasteiger partial charge in [-0.3, -0.25) is 4.79 Å². The highest BCUT2D eigenvalue weighted by molar-refractivity contribution is 6.19. The third-order valence-electron chi connectivity index (χ3n) is 1.66. The van der Waals surface area contributed by atoms with Crippen molar-refractivity contribution in [2.75, 3.05) is 11.2 Å². The zero-order chi connectivity index (χ0) is 12.2. The van der Waals surface area contributed by atoms with Gasteiger partial charge in [-0.25, -0.2) is 4.98 Å². The van der Waals surface area contributed by atoms with Gasteiger partial charge in [0.05, 0.1) is 11.9 Å². The summed E-state index contributed by atoms with van der Waals surface area (Å²) in [5.74, 6) is -0.212. The van der Waals surface area contributed by atoms with Crippen molar-refractivity contribution < 1.29 is 18.0 Å². The number of carbonyl (C=O) groups is 1. The molecule has 1 heterocycles. The van der Waals surface area contributed by atoms with Crippen LogP contribution in [-0.4, -0.2) is 16.8 Å². The molecule has 0 bridgehead atoms. The average Bonchev–Trinajstić information content (AvgIpc) is 2.17. The van der Waals surface area contributed by atoms with Crippen molar-refractivity contribution in [2.24, 2.45) is 0 Å². The minimum absolute atomic E-state index is 0.0998. The van der Waals surface area contributed by atoms with E-state index in [2.05, 4.69) is 10.3 Å². The van der Waals surface area contributed by atoms with Crippen molar-refractivity contribution in [2.45, 2.75) is 12.6 Å². The van der Waals surface area contributed by atoms with Gasteiger partial charge in [0, 0.05) is 12.3 Å². The van der Waals surface area contributed by atoms with Gasteiger partial charge < -0.3 is 5.32 Å². The number of hydrogen-bond acceptors (Lipinski definition) is 2. The van der Waals surface area contributed by atoms with E-state index >= 15 is 0 Å². The van der Waals surface area contributed by atoms with E-state index < -0.39 is 11.9 Å². The second-order valence-corrected chi connectivity index (χ2v) is 3.29. The van der Waals surface area contributed by atoms with E-state index in [0.29, 0.717) is 0 Å². The van der Waals surface area contributed by atoms with E-state index in [1.807, 2.05) is 0 Å². The van der Waals surface area contributed by atoms with Gasteiger partial charge in [-0.2, -0.15) is 13.2 Å². The van der Waals surface area contributed by atoms with Crippen LogP contribution in [0.2, 0.25) is 0 Å². The maximum atomic E-state index is 12.1. The first-order chi connectivity index (χ1) is 7.43. The Morgan fingerprint density at radius 1 is 1.44 bits per heavy atom. The summed E-state index contributed by atoms with van der Waals surface area (Å²) in [4.78, 5) is 14.2. The Morgan fingerprint density at radius 2 is 2.12 bits per heavy atom. The summed E-state index contributed by atoms with van der Waals surface area (Å²) in [5, 5.41) is 2.37. The number of aromatic nitrogens is 1. The van der Waals surface area contributed by atoms with Crippen LogP contribution in [0.25, 0.3) is 0 Å². The van der Waals surface area contributed by atoms with Crippen molar-refractivity contribution in [1.82, 2.24) is 4.98 Å². The van der Waals surface area contributed by atoms with Crippen LogP contribution >= 0.6 is 11.6 Å². The summed E-state index contributed by atoms with van der Waals surface area (Å²) in [6, 6.07) is 1.94. The number of nitrogens with one attached hydrogen (secondary N) is 1. The molecule has 88 valence electrons. The van der Waals surface area contributed by atoms with Gasteiger partial charge in [0.2, 0.25) is 5.91 Å². The van der Waals surface area contributed by atoms with Crippen molar-refractivity contribution in [3.63, 3.8) is 0 Å². The van der Waals surface area contributed by atoms with Crippen LogP contribution in [0, 0.1) is 0 Å². The predicted molar refractivity (Wildman–Crippen MR) is 53.2 cm³/mol. The minimum Gasteiger partial charge on any atom is -0.325 e. The van der Waals surface area contributed by atoms with Crippen LogP contribution < -0.4 is 5.32 Å². The summed E-state index contributed by atoms with van der Waals surface area (Å²) in [6.07, 6.45) is -3.42. The van der Waals surface area contributed by atoms with E-state index in [1.165, 1.54) is 0 Å². The standard InChI is InChI=1S/C9H8ClF3N2O/c10-4-3-8(16)15-6-1-2-7(14-5-6)9(11,12)13/h1-2,5H,3-4H2,(H,15,16). The number of amides is 1. The van der Waals surface area contributed by atoms with Crippen LogP contribution in [0.4, 0.5) is 18.9 Å². The molecule has 0 saturated carbocycles. The normalized spacial score (nSPS) is 11.2. The molecule has 1 rings (SSSR count). The zero-order valence-electron chi connectivity index (χ0n) is 8.01. The van der Waals surface area contributed by atoms with E-state index in [1.54, 1.807) is 0 Å². The molecule has 0 aliphatic carbocycles. The molecule has 0 atom stereocenters. The molecular formula is C9H8ClF3N2O. The van der Waals surface area contributed by atoms with E-state index in [9.17, 15) is 18.0 Å². The number of halogens is 4. The van der Waals surface area contributed by atoms with E-state index in [-0.39, 0.29) is 23.9 Å². The van der Waals surface area contributed by atoms with Crippen molar-refractivity contribution in [3.8, 4) is 0 Å². The molecule has 0 aliphatic heterocycles. The Hall–Kier alpha value is -1.30. The summed E-state index contributed by atoms with van der Waals surface area (Å²) < 4.78 is 36.4. The molecule has 7 heteroatoms. The smallest absolute Gasteiger partial charge is 0.325 e. The maximum absolute atomic E-state index is 12.1. The number of pyridine rings is 1. The third-order valence-corrected chi connectivity index (χ3v) is 1.85. The number of rotatable bonds is 3. The van der Waals surface area contributed by atoms with Gasteiger partial charge in [-0.1, -0.05) is 0 Å². The van der Waals surface area contributed by atoms with Gasteiger partial charge in [-0.05, 0) is 12.1 Å². The monoisotopic (exact) mass is 252 g/mol. The highest BCUT2D eigenvalue weighted by Gasteiger charge is 2.32. The Morgan fingerprint density at radius 3 is 2.56 bits per heavy atom. The fourth-order valence-electron chi connectivity index (χ4n) is 0.945. The zero-order valence-corrected chi connectivity index (χ0v) is 8.77. The maximum Gasteiger partial charge on any atom is 0.433 e. The second-order valence-electron chi connectivity index (χ2n) is 2.92. The molecule has 16 heavy (non-hydrogen) atoms. The molecule has 0 fully saturated rings. The van der Waals surface area contributed by atoms with Gasteiger partial charge in [0.1, 0.15) is 5.69 Å². The molecule has 1 aromatic heterocycles. The van der Waals surface area contributed by atoms with Gasteiger partial charge in [0.15, 0.2) is 0 Å². The van der Waals surface area contributed by atoms with Crippen LogP contribution in [0.3, 0.4) is 0 Å². The molecule has 0 aromatic carbocycles. The fraction of sp³-hybridized carbons (Fsp3) is 0.333. The summed E-state index contributed by atoms with van der Waals surface area (Å²) >= 11 is 5.32. The summed E-state index contributed by atoms with van der Waals surface area (Å²) in [6.45, 7) is 0. The number of carbonyl (C=O) groups excluding carboxylic acids is 1. The highest BCUT2D eigenvalue weighted by atomic mass is 35.5. The first kappa shape index (κ1) is 12.8. The predicted octanol–water partition coefficient (Wildman–Crippen LogP) is 2.67. The lowest BCUT2D eigenvalue weighted by atomic mass is 10.3. The van der Waals surface area contributed by atoms with Crippen LogP contribution in [0.5, 0.6) is 0 Å². The Balaban J connectivity index is 2.69. The van der Waals surface area contributed by atoms with E-state index in [4.69, 9.17) is 11.6 Å². The lowest BCUT2D eigenvalue weighted by Crippen LogP contribution is -2.13. The Labute approximate surface area is 94.6 Å². The quantitative estimate of drug-likeness (QED) is 0.841. The summed E-state index contributed by atoms with van der Waals surface area (Å²) in [5.41, 5.74) is -0.786. The Bertz CT molecular complexity index is 364. The molecule has 1 N–H and O–H groups in total. The SMILES string of the molecule is O=C(CCCl)Nc1ccc(C(F)(F)F)nc1. The first-order valence-corrected chi connectivity index (χ1v) is 4.86. The molecule has 0 aliphatic rings. The molecule has 1 amide bonds. The van der Waals surface area contributed by atoms with Crippen molar-refractivity contribution >= 4 is 23.2 Å². The average molecular weight is 253 g/mol. The third kappa shape index (κ3) is 3.69.